The van der Waals surface area contributed by atoms with Gasteiger partial charge in [-0.2, -0.15) is 0 Å². The monoisotopic (exact) mass is 288 g/mol. The van der Waals surface area contributed by atoms with Gasteiger partial charge in [0.25, 0.3) is 11.8 Å². The Balaban J connectivity index is 1.85. The summed E-state index contributed by atoms with van der Waals surface area (Å²) in [6.45, 7) is 5.06. The molecule has 1 N–H and O–H groups in total. The maximum Gasteiger partial charge on any atom is 0.268 e. The summed E-state index contributed by atoms with van der Waals surface area (Å²) in [5, 5.41) is 2.81. The molecule has 2 amide bonds. The second-order valence-electron chi connectivity index (χ2n) is 6.13. The largest absolute Gasteiger partial charge is 0.476 e. The van der Waals surface area contributed by atoms with Gasteiger partial charge in [0.1, 0.15) is 5.75 Å². The van der Waals surface area contributed by atoms with Gasteiger partial charge in [-0.05, 0) is 51.3 Å². The molecule has 5 nitrogen and oxygen atoms in total. The number of hydrogen-bond donors (Lipinski definition) is 1. The Hall–Kier alpha value is -2.04. The van der Waals surface area contributed by atoms with Crippen molar-refractivity contribution in [2.24, 2.45) is 0 Å². The molecule has 112 valence electrons. The van der Waals surface area contributed by atoms with Gasteiger partial charge in [-0.1, -0.05) is 0 Å². The summed E-state index contributed by atoms with van der Waals surface area (Å²) >= 11 is 0. The molecule has 3 rings (SSSR count). The summed E-state index contributed by atoms with van der Waals surface area (Å²) in [6, 6.07) is 5.23. The van der Waals surface area contributed by atoms with E-state index in [9.17, 15) is 9.59 Å². The first-order valence-corrected chi connectivity index (χ1v) is 7.41. The molecule has 0 unspecified atom stereocenters. The van der Waals surface area contributed by atoms with Crippen LogP contribution in [0, 0.1) is 0 Å². The molecule has 0 saturated carbocycles. The van der Waals surface area contributed by atoms with Crippen LogP contribution in [0.1, 0.15) is 43.5 Å². The van der Waals surface area contributed by atoms with Crippen molar-refractivity contribution < 1.29 is 14.3 Å². The van der Waals surface area contributed by atoms with Gasteiger partial charge in [-0.15, -0.1) is 0 Å². The highest BCUT2D eigenvalue weighted by molar-refractivity contribution is 6.02. The number of ether oxygens (including phenoxy) is 1. The summed E-state index contributed by atoms with van der Waals surface area (Å²) in [4.78, 5) is 26.3. The lowest BCUT2D eigenvalue weighted by Gasteiger charge is -2.32. The molecule has 21 heavy (non-hydrogen) atoms. The highest BCUT2D eigenvalue weighted by Gasteiger charge is 2.35. The van der Waals surface area contributed by atoms with Crippen LogP contribution in [0.3, 0.4) is 0 Å². The SMILES string of the molecule is CC1(C)Oc2ccc(C(=O)N3CCCCC3)cc2NC1=O. The number of fused-ring (bicyclic) bond motifs is 1. The number of anilines is 1. The maximum absolute atomic E-state index is 12.5. The standard InChI is InChI=1S/C16H20N2O3/c1-16(2)15(20)17-12-10-11(6-7-13(12)21-16)14(19)18-8-4-3-5-9-18/h6-7,10H,3-5,8-9H2,1-2H3,(H,17,20). The Kier molecular flexibility index (Phi) is 3.35. The zero-order chi connectivity index (χ0) is 15.0. The highest BCUT2D eigenvalue weighted by Crippen LogP contribution is 2.34. The molecular formula is C16H20N2O3. The number of amides is 2. The molecule has 0 aliphatic carbocycles. The molecule has 2 heterocycles. The summed E-state index contributed by atoms with van der Waals surface area (Å²) in [7, 11) is 0. The maximum atomic E-state index is 12.5. The molecule has 1 aromatic rings. The smallest absolute Gasteiger partial charge is 0.268 e. The molecule has 1 fully saturated rings. The van der Waals surface area contributed by atoms with Crippen molar-refractivity contribution in [3.8, 4) is 5.75 Å². The molecule has 2 aliphatic heterocycles. The van der Waals surface area contributed by atoms with E-state index in [0.717, 1.165) is 25.9 Å². The van der Waals surface area contributed by atoms with Crippen LogP contribution < -0.4 is 10.1 Å². The number of likely N-dealkylation sites (tertiary alicyclic amines) is 1. The van der Waals surface area contributed by atoms with E-state index >= 15 is 0 Å². The summed E-state index contributed by atoms with van der Waals surface area (Å²) in [6.07, 6.45) is 3.31. The van der Waals surface area contributed by atoms with E-state index < -0.39 is 5.60 Å². The fraction of sp³-hybridized carbons (Fsp3) is 0.500. The van der Waals surface area contributed by atoms with Crippen LogP contribution >= 0.6 is 0 Å². The molecule has 0 radical (unpaired) electrons. The number of hydrogen-bond acceptors (Lipinski definition) is 3. The summed E-state index contributed by atoms with van der Waals surface area (Å²) in [5.74, 6) is 0.434. The van der Waals surface area contributed by atoms with Gasteiger partial charge in [0, 0.05) is 18.7 Å². The minimum atomic E-state index is -0.884. The normalized spacial score (nSPS) is 20.3. The minimum absolute atomic E-state index is 0.0246. The number of carbonyl (C=O) groups excluding carboxylic acids is 2. The van der Waals surface area contributed by atoms with Gasteiger partial charge in [-0.25, -0.2) is 0 Å². The van der Waals surface area contributed by atoms with E-state index in [2.05, 4.69) is 5.32 Å². The Morgan fingerprint density at radius 3 is 2.67 bits per heavy atom. The first kappa shape index (κ1) is 13.9. The third-order valence-corrected chi connectivity index (χ3v) is 4.03. The average Bonchev–Trinajstić information content (AvgIpc) is 2.48. The third kappa shape index (κ3) is 2.60. The van der Waals surface area contributed by atoms with Crippen LogP contribution in [0.2, 0.25) is 0 Å². The van der Waals surface area contributed by atoms with Crippen molar-refractivity contribution >= 4 is 17.5 Å². The molecule has 1 saturated heterocycles. The van der Waals surface area contributed by atoms with E-state index in [1.165, 1.54) is 6.42 Å². The van der Waals surface area contributed by atoms with Crippen molar-refractivity contribution in [3.05, 3.63) is 23.8 Å². The number of nitrogens with one attached hydrogen (secondary N) is 1. The Morgan fingerprint density at radius 2 is 1.95 bits per heavy atom. The summed E-state index contributed by atoms with van der Waals surface area (Å²) < 4.78 is 5.67. The molecule has 2 aliphatic rings. The third-order valence-electron chi connectivity index (χ3n) is 4.03. The van der Waals surface area contributed by atoms with Gasteiger partial charge >= 0.3 is 0 Å². The van der Waals surface area contributed by atoms with E-state index in [4.69, 9.17) is 4.74 Å². The van der Waals surface area contributed by atoms with Crippen LogP contribution in [0.4, 0.5) is 5.69 Å². The lowest BCUT2D eigenvalue weighted by Crippen LogP contribution is -2.45. The molecule has 0 spiro atoms. The topological polar surface area (TPSA) is 58.6 Å². The highest BCUT2D eigenvalue weighted by atomic mass is 16.5. The Bertz CT molecular complexity index is 589. The van der Waals surface area contributed by atoms with Gasteiger partial charge in [0.15, 0.2) is 5.60 Å². The molecule has 1 aromatic carbocycles. The number of piperidine rings is 1. The fourth-order valence-corrected chi connectivity index (χ4v) is 2.72. The van der Waals surface area contributed by atoms with Crippen molar-refractivity contribution in [2.45, 2.75) is 38.7 Å². The van der Waals surface area contributed by atoms with E-state index in [1.54, 1.807) is 32.0 Å². The average molecular weight is 288 g/mol. The fourth-order valence-electron chi connectivity index (χ4n) is 2.72. The minimum Gasteiger partial charge on any atom is -0.476 e. The van der Waals surface area contributed by atoms with E-state index in [-0.39, 0.29) is 11.8 Å². The predicted octanol–water partition coefficient (Wildman–Crippen LogP) is 2.42. The van der Waals surface area contributed by atoms with Crippen molar-refractivity contribution in [3.63, 3.8) is 0 Å². The molecular weight excluding hydrogens is 268 g/mol. The molecule has 0 aromatic heterocycles. The second-order valence-corrected chi connectivity index (χ2v) is 6.13. The molecule has 0 bridgehead atoms. The molecule has 0 atom stereocenters. The van der Waals surface area contributed by atoms with Gasteiger partial charge < -0.3 is 15.0 Å². The number of carbonyl (C=O) groups is 2. The number of benzene rings is 1. The van der Waals surface area contributed by atoms with Crippen LogP contribution in [0.15, 0.2) is 18.2 Å². The van der Waals surface area contributed by atoms with E-state index in [1.807, 2.05) is 4.90 Å². The van der Waals surface area contributed by atoms with Crippen LogP contribution in [-0.2, 0) is 4.79 Å². The quantitative estimate of drug-likeness (QED) is 0.863. The lowest BCUT2D eigenvalue weighted by molar-refractivity contribution is -0.129. The Morgan fingerprint density at radius 1 is 1.24 bits per heavy atom. The zero-order valence-corrected chi connectivity index (χ0v) is 12.4. The predicted molar refractivity (Wildman–Crippen MR) is 79.5 cm³/mol. The van der Waals surface area contributed by atoms with Gasteiger partial charge in [0.2, 0.25) is 0 Å². The number of rotatable bonds is 1. The van der Waals surface area contributed by atoms with Crippen LogP contribution in [0.25, 0.3) is 0 Å². The first-order valence-electron chi connectivity index (χ1n) is 7.41. The summed E-state index contributed by atoms with van der Waals surface area (Å²) in [5.41, 5.74) is 0.284. The molecule has 5 heteroatoms. The lowest BCUT2D eigenvalue weighted by atomic mass is 10.0. The van der Waals surface area contributed by atoms with Crippen molar-refractivity contribution in [1.82, 2.24) is 4.90 Å². The van der Waals surface area contributed by atoms with Gasteiger partial charge in [-0.3, -0.25) is 9.59 Å². The van der Waals surface area contributed by atoms with E-state index in [0.29, 0.717) is 17.0 Å². The van der Waals surface area contributed by atoms with Crippen LogP contribution in [-0.4, -0.2) is 35.4 Å². The van der Waals surface area contributed by atoms with Crippen molar-refractivity contribution in [1.29, 1.82) is 0 Å². The number of nitrogens with zero attached hydrogens (tertiary/aromatic N) is 1. The second kappa shape index (κ2) is 5.06. The van der Waals surface area contributed by atoms with Crippen molar-refractivity contribution in [2.75, 3.05) is 18.4 Å². The Labute approximate surface area is 124 Å². The first-order chi connectivity index (χ1) is 9.97. The van der Waals surface area contributed by atoms with Crippen LogP contribution in [0.5, 0.6) is 5.75 Å². The van der Waals surface area contributed by atoms with Gasteiger partial charge in [0.05, 0.1) is 5.69 Å². The zero-order valence-electron chi connectivity index (χ0n) is 12.4.